The predicted molar refractivity (Wildman–Crippen MR) is 78.5 cm³/mol. The summed E-state index contributed by atoms with van der Waals surface area (Å²) in [6, 6.07) is 8.96. The van der Waals surface area contributed by atoms with Crippen molar-refractivity contribution in [1.82, 2.24) is 15.5 Å². The lowest BCUT2D eigenvalue weighted by molar-refractivity contribution is -0.118. The highest BCUT2D eigenvalue weighted by Crippen LogP contribution is 2.15. The van der Waals surface area contributed by atoms with Crippen molar-refractivity contribution < 1.29 is 9.59 Å². The fourth-order valence-corrected chi connectivity index (χ4v) is 1.89. The molecule has 1 aromatic carbocycles. The van der Waals surface area contributed by atoms with Crippen molar-refractivity contribution in [2.24, 2.45) is 5.73 Å². The number of urea groups is 1. The second-order valence-electron chi connectivity index (χ2n) is 4.47. The maximum absolute atomic E-state index is 12.3. The highest BCUT2D eigenvalue weighted by Gasteiger charge is 2.22. The van der Waals surface area contributed by atoms with Gasteiger partial charge in [-0.2, -0.15) is 5.10 Å². The van der Waals surface area contributed by atoms with Gasteiger partial charge in [-0.05, 0) is 12.0 Å². The minimum atomic E-state index is -0.870. The van der Waals surface area contributed by atoms with Crippen LogP contribution in [0.15, 0.2) is 36.4 Å². The van der Waals surface area contributed by atoms with Gasteiger partial charge in [-0.3, -0.25) is 9.89 Å². The summed E-state index contributed by atoms with van der Waals surface area (Å²) in [6.07, 6.45) is 0.782. The lowest BCUT2D eigenvalue weighted by atomic mass is 10.1. The van der Waals surface area contributed by atoms with Gasteiger partial charge >= 0.3 is 6.03 Å². The molecule has 0 saturated carbocycles. The molecule has 5 N–H and O–H groups in total. The zero-order valence-corrected chi connectivity index (χ0v) is 11.6. The number of carbonyl (C=O) groups is 2. The molecule has 110 valence electrons. The van der Waals surface area contributed by atoms with E-state index in [1.165, 1.54) is 0 Å². The third kappa shape index (κ3) is 3.82. The molecule has 0 saturated heterocycles. The number of nitrogens with one attached hydrogen (secondary N) is 3. The molecule has 2 rings (SSSR count). The number of aromatic nitrogens is 2. The maximum atomic E-state index is 12.3. The first-order valence-corrected chi connectivity index (χ1v) is 6.56. The van der Waals surface area contributed by atoms with Gasteiger partial charge in [0.05, 0.1) is 0 Å². The molecule has 0 aliphatic carbocycles. The molecular weight excluding hydrogens is 270 g/mol. The molecular formula is C14H17N5O2. The minimum Gasteiger partial charge on any atom is -0.352 e. The van der Waals surface area contributed by atoms with Gasteiger partial charge in [0.25, 0.3) is 5.91 Å². The van der Waals surface area contributed by atoms with Crippen LogP contribution in [0.2, 0.25) is 0 Å². The molecule has 21 heavy (non-hydrogen) atoms. The molecule has 0 spiro atoms. The number of aromatic amines is 1. The van der Waals surface area contributed by atoms with Gasteiger partial charge in [-0.25, -0.2) is 4.79 Å². The van der Waals surface area contributed by atoms with Crippen LogP contribution in [0, 0.1) is 0 Å². The molecule has 0 radical (unpaired) electrons. The number of primary amides is 1. The Hall–Kier alpha value is -2.83. The molecule has 0 aliphatic rings. The summed E-state index contributed by atoms with van der Waals surface area (Å²) in [5, 5.41) is 11.9. The van der Waals surface area contributed by atoms with E-state index in [2.05, 4.69) is 20.8 Å². The summed E-state index contributed by atoms with van der Waals surface area (Å²) in [6.45, 7) is 1.97. The molecule has 1 heterocycles. The van der Waals surface area contributed by atoms with Gasteiger partial charge in [-0.1, -0.05) is 37.3 Å². The fourth-order valence-electron chi connectivity index (χ4n) is 1.89. The van der Waals surface area contributed by atoms with Gasteiger partial charge in [0, 0.05) is 11.8 Å². The van der Waals surface area contributed by atoms with Gasteiger partial charge < -0.3 is 16.4 Å². The van der Waals surface area contributed by atoms with Gasteiger partial charge in [0.15, 0.2) is 5.82 Å². The van der Waals surface area contributed by atoms with Gasteiger partial charge in [0.2, 0.25) is 0 Å². The number of H-pyrrole nitrogens is 1. The number of nitrogens with two attached hydrogens (primary N) is 1. The Morgan fingerprint density at radius 3 is 2.62 bits per heavy atom. The molecule has 0 bridgehead atoms. The van der Waals surface area contributed by atoms with Crippen LogP contribution < -0.4 is 16.4 Å². The zero-order valence-electron chi connectivity index (χ0n) is 11.6. The van der Waals surface area contributed by atoms with E-state index >= 15 is 0 Å². The van der Waals surface area contributed by atoms with Gasteiger partial charge in [-0.15, -0.1) is 0 Å². The van der Waals surface area contributed by atoms with Crippen molar-refractivity contribution in [2.45, 2.75) is 19.4 Å². The number of rotatable bonds is 5. The Morgan fingerprint density at radius 1 is 1.33 bits per heavy atom. The average Bonchev–Trinajstić information content (AvgIpc) is 2.93. The Kier molecular flexibility index (Phi) is 4.55. The summed E-state index contributed by atoms with van der Waals surface area (Å²) in [7, 11) is 0. The van der Waals surface area contributed by atoms with Crippen LogP contribution in [-0.2, 0) is 11.2 Å². The number of anilines is 1. The molecule has 1 unspecified atom stereocenters. The maximum Gasteiger partial charge on any atom is 0.313 e. The van der Waals surface area contributed by atoms with E-state index in [1.54, 1.807) is 30.3 Å². The molecule has 7 nitrogen and oxygen atoms in total. The summed E-state index contributed by atoms with van der Waals surface area (Å²) in [4.78, 5) is 23.4. The molecule has 1 aromatic heterocycles. The summed E-state index contributed by atoms with van der Waals surface area (Å²) >= 11 is 0. The molecule has 0 fully saturated rings. The SMILES string of the molecule is CCc1cc(NC(=O)C(NC(N)=O)c2ccccc2)n[nH]1. The monoisotopic (exact) mass is 287 g/mol. The van der Waals surface area contributed by atoms with Crippen LogP contribution in [0.4, 0.5) is 10.6 Å². The standard InChI is InChI=1S/C14H17N5O2/c1-2-10-8-11(19-18-10)16-13(20)12(17-14(15)21)9-6-4-3-5-7-9/h3-8,12H,2H2,1H3,(H3,15,17,21)(H2,16,18,19,20). The third-order valence-electron chi connectivity index (χ3n) is 2.94. The first kappa shape index (κ1) is 14.6. The number of benzene rings is 1. The van der Waals surface area contributed by atoms with Crippen LogP contribution in [-0.4, -0.2) is 22.1 Å². The summed E-state index contributed by atoms with van der Waals surface area (Å²) in [5.41, 5.74) is 6.68. The number of carbonyl (C=O) groups excluding carboxylic acids is 2. The Bertz CT molecular complexity index is 623. The fraction of sp³-hybridized carbons (Fsp3) is 0.214. The van der Waals surface area contributed by atoms with Crippen molar-refractivity contribution in [1.29, 1.82) is 0 Å². The molecule has 1 atom stereocenters. The minimum absolute atomic E-state index is 0.407. The lowest BCUT2D eigenvalue weighted by Gasteiger charge is -2.16. The lowest BCUT2D eigenvalue weighted by Crippen LogP contribution is -2.39. The van der Waals surface area contributed by atoms with E-state index < -0.39 is 18.0 Å². The van der Waals surface area contributed by atoms with Crippen molar-refractivity contribution in [3.05, 3.63) is 47.7 Å². The second kappa shape index (κ2) is 6.56. The van der Waals surface area contributed by atoms with Crippen LogP contribution >= 0.6 is 0 Å². The highest BCUT2D eigenvalue weighted by molar-refractivity contribution is 5.96. The molecule has 0 aliphatic heterocycles. The number of hydrogen-bond donors (Lipinski definition) is 4. The topological polar surface area (TPSA) is 113 Å². The van der Waals surface area contributed by atoms with Crippen LogP contribution in [0.5, 0.6) is 0 Å². The third-order valence-corrected chi connectivity index (χ3v) is 2.94. The Balaban J connectivity index is 2.16. The van der Waals surface area contributed by atoms with E-state index in [9.17, 15) is 9.59 Å². The first-order valence-electron chi connectivity index (χ1n) is 6.56. The number of nitrogens with zero attached hydrogens (tertiary/aromatic N) is 1. The van der Waals surface area contributed by atoms with Gasteiger partial charge in [0.1, 0.15) is 6.04 Å². The van der Waals surface area contributed by atoms with Crippen molar-refractivity contribution in [2.75, 3.05) is 5.32 Å². The van der Waals surface area contributed by atoms with Crippen LogP contribution in [0.1, 0.15) is 24.2 Å². The molecule has 2 aromatic rings. The van der Waals surface area contributed by atoms with E-state index in [-0.39, 0.29) is 0 Å². The van der Waals surface area contributed by atoms with Crippen molar-refractivity contribution in [3.63, 3.8) is 0 Å². The summed E-state index contributed by atoms with van der Waals surface area (Å²) in [5.74, 6) is -0.00166. The first-order chi connectivity index (χ1) is 10.1. The summed E-state index contributed by atoms with van der Waals surface area (Å²) < 4.78 is 0. The van der Waals surface area contributed by atoms with E-state index in [1.807, 2.05) is 13.0 Å². The zero-order chi connectivity index (χ0) is 15.2. The quantitative estimate of drug-likeness (QED) is 0.665. The largest absolute Gasteiger partial charge is 0.352 e. The van der Waals surface area contributed by atoms with Crippen LogP contribution in [0.3, 0.4) is 0 Å². The Labute approximate surface area is 121 Å². The van der Waals surface area contributed by atoms with E-state index in [4.69, 9.17) is 5.73 Å². The number of aryl methyl sites for hydroxylation is 1. The highest BCUT2D eigenvalue weighted by atomic mass is 16.2. The second-order valence-corrected chi connectivity index (χ2v) is 4.47. The molecule has 7 heteroatoms. The predicted octanol–water partition coefficient (Wildman–Crippen LogP) is 1.32. The normalized spacial score (nSPS) is 11.7. The van der Waals surface area contributed by atoms with Crippen molar-refractivity contribution in [3.8, 4) is 0 Å². The number of amides is 3. The number of hydrogen-bond acceptors (Lipinski definition) is 3. The van der Waals surface area contributed by atoms with E-state index in [0.717, 1.165) is 12.1 Å². The van der Waals surface area contributed by atoms with Crippen molar-refractivity contribution >= 4 is 17.8 Å². The van der Waals surface area contributed by atoms with E-state index in [0.29, 0.717) is 11.4 Å². The average molecular weight is 287 g/mol. The molecule has 3 amide bonds. The van der Waals surface area contributed by atoms with Crippen LogP contribution in [0.25, 0.3) is 0 Å². The Morgan fingerprint density at radius 2 is 2.05 bits per heavy atom. The smallest absolute Gasteiger partial charge is 0.313 e.